The van der Waals surface area contributed by atoms with Crippen LogP contribution in [0.3, 0.4) is 0 Å². The molecule has 1 N–H and O–H groups in total. The average molecular weight is 417 g/mol. The standard InChI is InChI=1S/C23H23N5O3/c29-22(18-7-2-1-3-8-18)25-20(17-19-9-5-16-31-19)23(30)28-13-6-12-27(14-15-28)21-10-4-11-24-26-21/h1-5,7-11,16-17H,6,12-15H2,(H,25,29)/b20-17+. The molecule has 2 aromatic heterocycles. The van der Waals surface area contributed by atoms with Crippen LogP contribution in [0.25, 0.3) is 6.08 Å². The van der Waals surface area contributed by atoms with Crippen molar-refractivity contribution in [2.24, 2.45) is 0 Å². The van der Waals surface area contributed by atoms with Gasteiger partial charge in [0.1, 0.15) is 11.5 Å². The number of nitrogens with one attached hydrogen (secondary N) is 1. The molecule has 0 bridgehead atoms. The van der Waals surface area contributed by atoms with Crippen LogP contribution in [-0.2, 0) is 4.79 Å². The molecule has 0 aliphatic carbocycles. The van der Waals surface area contributed by atoms with E-state index in [9.17, 15) is 9.59 Å². The lowest BCUT2D eigenvalue weighted by Gasteiger charge is -2.23. The maximum atomic E-state index is 13.3. The molecule has 8 heteroatoms. The molecule has 1 aliphatic rings. The summed E-state index contributed by atoms with van der Waals surface area (Å²) in [6, 6.07) is 16.0. The fraction of sp³-hybridized carbons (Fsp3) is 0.217. The summed E-state index contributed by atoms with van der Waals surface area (Å²) in [5.41, 5.74) is 0.655. The average Bonchev–Trinajstić information content (AvgIpc) is 3.21. The van der Waals surface area contributed by atoms with Gasteiger partial charge < -0.3 is 19.5 Å². The Kier molecular flexibility index (Phi) is 6.37. The summed E-state index contributed by atoms with van der Waals surface area (Å²) >= 11 is 0. The van der Waals surface area contributed by atoms with Crippen LogP contribution in [0.5, 0.6) is 0 Å². The molecule has 3 heterocycles. The van der Waals surface area contributed by atoms with Gasteiger partial charge in [0, 0.05) is 44.0 Å². The van der Waals surface area contributed by atoms with Gasteiger partial charge in [-0.2, -0.15) is 5.10 Å². The Morgan fingerprint density at radius 3 is 2.58 bits per heavy atom. The number of rotatable bonds is 5. The number of aromatic nitrogens is 2. The van der Waals surface area contributed by atoms with Crippen molar-refractivity contribution >= 4 is 23.7 Å². The van der Waals surface area contributed by atoms with Crippen LogP contribution in [0.15, 0.2) is 77.2 Å². The maximum Gasteiger partial charge on any atom is 0.270 e. The first-order valence-corrected chi connectivity index (χ1v) is 10.1. The van der Waals surface area contributed by atoms with E-state index in [1.807, 2.05) is 18.2 Å². The summed E-state index contributed by atoms with van der Waals surface area (Å²) in [6.45, 7) is 2.49. The highest BCUT2D eigenvalue weighted by Crippen LogP contribution is 2.15. The van der Waals surface area contributed by atoms with Crippen LogP contribution in [0.1, 0.15) is 22.5 Å². The van der Waals surface area contributed by atoms with E-state index in [-0.39, 0.29) is 17.5 Å². The Morgan fingerprint density at radius 1 is 0.968 bits per heavy atom. The zero-order chi connectivity index (χ0) is 21.5. The first kappa shape index (κ1) is 20.3. The minimum atomic E-state index is -0.345. The lowest BCUT2D eigenvalue weighted by molar-refractivity contribution is -0.127. The van der Waals surface area contributed by atoms with Crippen LogP contribution in [0.2, 0.25) is 0 Å². The molecule has 0 radical (unpaired) electrons. The highest BCUT2D eigenvalue weighted by Gasteiger charge is 2.24. The molecule has 8 nitrogen and oxygen atoms in total. The molecule has 158 valence electrons. The van der Waals surface area contributed by atoms with Crippen LogP contribution >= 0.6 is 0 Å². The Hall–Kier alpha value is -3.94. The highest BCUT2D eigenvalue weighted by atomic mass is 16.3. The normalized spacial score (nSPS) is 14.8. The van der Waals surface area contributed by atoms with Crippen molar-refractivity contribution < 1.29 is 14.0 Å². The van der Waals surface area contributed by atoms with Gasteiger partial charge >= 0.3 is 0 Å². The van der Waals surface area contributed by atoms with Crippen LogP contribution < -0.4 is 10.2 Å². The number of furan rings is 1. The first-order valence-electron chi connectivity index (χ1n) is 10.1. The topological polar surface area (TPSA) is 91.6 Å². The molecule has 4 rings (SSSR count). The molecule has 0 unspecified atom stereocenters. The van der Waals surface area contributed by atoms with Gasteiger partial charge in [-0.15, -0.1) is 5.10 Å². The molecule has 0 saturated carbocycles. The maximum absolute atomic E-state index is 13.3. The first-order chi connectivity index (χ1) is 15.2. The summed E-state index contributed by atoms with van der Waals surface area (Å²) in [7, 11) is 0. The molecule has 1 aromatic carbocycles. The number of benzene rings is 1. The number of anilines is 1. The van der Waals surface area contributed by atoms with E-state index >= 15 is 0 Å². The van der Waals surface area contributed by atoms with Gasteiger partial charge in [0.2, 0.25) is 0 Å². The number of nitrogens with zero attached hydrogens (tertiary/aromatic N) is 4. The van der Waals surface area contributed by atoms with Crippen molar-refractivity contribution in [2.75, 3.05) is 31.1 Å². The molecule has 0 spiro atoms. The Morgan fingerprint density at radius 2 is 1.84 bits per heavy atom. The minimum Gasteiger partial charge on any atom is -0.465 e. The van der Waals surface area contributed by atoms with Gasteiger partial charge in [0.05, 0.1) is 6.26 Å². The van der Waals surface area contributed by atoms with Crippen molar-refractivity contribution in [3.05, 3.63) is 84.1 Å². The van der Waals surface area contributed by atoms with Crippen molar-refractivity contribution in [3.63, 3.8) is 0 Å². The van der Waals surface area contributed by atoms with E-state index in [1.165, 1.54) is 6.26 Å². The highest BCUT2D eigenvalue weighted by molar-refractivity contribution is 6.05. The van der Waals surface area contributed by atoms with Crippen LogP contribution in [0, 0.1) is 0 Å². The Labute approximate surface area is 180 Å². The van der Waals surface area contributed by atoms with Crippen molar-refractivity contribution in [1.29, 1.82) is 0 Å². The summed E-state index contributed by atoms with van der Waals surface area (Å²) in [6.07, 6.45) is 5.51. The lowest BCUT2D eigenvalue weighted by Crippen LogP contribution is -2.40. The van der Waals surface area contributed by atoms with E-state index in [0.717, 1.165) is 18.8 Å². The van der Waals surface area contributed by atoms with Gasteiger partial charge in [0.15, 0.2) is 5.82 Å². The zero-order valence-corrected chi connectivity index (χ0v) is 17.0. The van der Waals surface area contributed by atoms with Gasteiger partial charge in [-0.1, -0.05) is 18.2 Å². The van der Waals surface area contributed by atoms with Gasteiger partial charge in [-0.25, -0.2) is 0 Å². The second-order valence-corrected chi connectivity index (χ2v) is 7.11. The predicted molar refractivity (Wildman–Crippen MR) is 116 cm³/mol. The molecule has 1 aliphatic heterocycles. The summed E-state index contributed by atoms with van der Waals surface area (Å²) in [5, 5.41) is 10.9. The van der Waals surface area contributed by atoms with Gasteiger partial charge in [0.25, 0.3) is 11.8 Å². The number of hydrogen-bond acceptors (Lipinski definition) is 6. The van der Waals surface area contributed by atoms with Gasteiger partial charge in [-0.05, 0) is 42.8 Å². The molecular weight excluding hydrogens is 394 g/mol. The number of carbonyl (C=O) groups is 2. The molecule has 31 heavy (non-hydrogen) atoms. The SMILES string of the molecule is O=C(N/C(=C/c1ccco1)C(=O)N1CCCN(c2cccnn2)CC1)c1ccccc1. The summed E-state index contributed by atoms with van der Waals surface area (Å²) in [4.78, 5) is 29.9. The van der Waals surface area contributed by atoms with E-state index in [1.54, 1.807) is 53.6 Å². The van der Waals surface area contributed by atoms with E-state index in [0.29, 0.717) is 31.0 Å². The summed E-state index contributed by atoms with van der Waals surface area (Å²) < 4.78 is 5.37. The van der Waals surface area contributed by atoms with E-state index in [2.05, 4.69) is 20.4 Å². The molecule has 3 aromatic rings. The molecular formula is C23H23N5O3. The fourth-order valence-corrected chi connectivity index (χ4v) is 3.43. The number of hydrogen-bond donors (Lipinski definition) is 1. The van der Waals surface area contributed by atoms with E-state index in [4.69, 9.17) is 4.42 Å². The smallest absolute Gasteiger partial charge is 0.270 e. The number of carbonyl (C=O) groups excluding carboxylic acids is 2. The third-order valence-electron chi connectivity index (χ3n) is 5.01. The summed E-state index contributed by atoms with van der Waals surface area (Å²) in [5.74, 6) is 0.692. The Balaban J connectivity index is 1.51. The van der Waals surface area contributed by atoms with Crippen molar-refractivity contribution in [2.45, 2.75) is 6.42 Å². The quantitative estimate of drug-likeness (QED) is 0.642. The third kappa shape index (κ3) is 5.16. The lowest BCUT2D eigenvalue weighted by atomic mass is 10.2. The van der Waals surface area contributed by atoms with Gasteiger partial charge in [-0.3, -0.25) is 9.59 Å². The molecule has 1 fully saturated rings. The van der Waals surface area contributed by atoms with Crippen molar-refractivity contribution in [1.82, 2.24) is 20.4 Å². The van der Waals surface area contributed by atoms with Crippen molar-refractivity contribution in [3.8, 4) is 0 Å². The monoisotopic (exact) mass is 417 g/mol. The fourth-order valence-electron chi connectivity index (χ4n) is 3.43. The largest absolute Gasteiger partial charge is 0.465 e. The van der Waals surface area contributed by atoms with Crippen LogP contribution in [-0.4, -0.2) is 53.1 Å². The molecule has 2 amide bonds. The minimum absolute atomic E-state index is 0.178. The molecule has 1 saturated heterocycles. The van der Waals surface area contributed by atoms with E-state index < -0.39 is 0 Å². The third-order valence-corrected chi connectivity index (χ3v) is 5.01. The number of amides is 2. The second-order valence-electron chi connectivity index (χ2n) is 7.11. The van der Waals surface area contributed by atoms with Crippen LogP contribution in [0.4, 0.5) is 5.82 Å². The second kappa shape index (κ2) is 9.71. The predicted octanol–water partition coefficient (Wildman–Crippen LogP) is 2.58. The molecule has 0 atom stereocenters. The zero-order valence-electron chi connectivity index (χ0n) is 17.0. The Bertz CT molecular complexity index is 1040.